The van der Waals surface area contributed by atoms with Gasteiger partial charge in [0.15, 0.2) is 17.5 Å². The van der Waals surface area contributed by atoms with Crippen LogP contribution in [0.4, 0.5) is 0 Å². The number of aromatic nitrogens is 6. The summed E-state index contributed by atoms with van der Waals surface area (Å²) in [6.45, 7) is 0. The third-order valence-electron chi connectivity index (χ3n) is 11.2. The van der Waals surface area contributed by atoms with Gasteiger partial charge in [0.05, 0.1) is 22.1 Å². The van der Waals surface area contributed by atoms with Gasteiger partial charge < -0.3 is 4.57 Å². The van der Waals surface area contributed by atoms with Crippen LogP contribution in [-0.4, -0.2) is 29.1 Å². The predicted molar refractivity (Wildman–Crippen MR) is 243 cm³/mol. The van der Waals surface area contributed by atoms with Crippen LogP contribution < -0.4 is 0 Å². The molecule has 0 amide bonds. The Bertz CT molecular complexity index is 3550. The van der Waals surface area contributed by atoms with Crippen molar-refractivity contribution in [3.05, 3.63) is 194 Å². The number of para-hydroxylation sites is 5. The fourth-order valence-corrected chi connectivity index (χ4v) is 9.67. The molecule has 12 rings (SSSR count). The van der Waals surface area contributed by atoms with Crippen LogP contribution in [0.25, 0.3) is 110 Å². The van der Waals surface area contributed by atoms with Crippen molar-refractivity contribution in [2.24, 2.45) is 0 Å². The number of hydrogen-bond acceptors (Lipinski definition) is 5. The van der Waals surface area contributed by atoms with Gasteiger partial charge in [-0.15, -0.1) is 11.3 Å². The first-order valence-electron chi connectivity index (χ1n) is 19.6. The second-order valence-electron chi connectivity index (χ2n) is 14.7. The van der Waals surface area contributed by atoms with E-state index in [0.717, 1.165) is 71.6 Å². The Morgan fingerprint density at radius 1 is 0.356 bits per heavy atom. The van der Waals surface area contributed by atoms with Gasteiger partial charge in [-0.2, -0.15) is 0 Å². The minimum atomic E-state index is 0.626. The van der Waals surface area contributed by atoms with Crippen LogP contribution in [0.15, 0.2) is 194 Å². The molecule has 276 valence electrons. The fourth-order valence-electron chi connectivity index (χ4n) is 8.48. The molecule has 8 aromatic carbocycles. The molecule has 0 saturated heterocycles. The number of benzene rings is 8. The zero-order valence-electron chi connectivity index (χ0n) is 31.6. The molecule has 59 heavy (non-hydrogen) atoms. The molecule has 0 saturated carbocycles. The topological polar surface area (TPSA) is 61.4 Å². The minimum Gasteiger partial charge on any atom is -0.309 e. The highest BCUT2D eigenvalue weighted by Gasteiger charge is 2.20. The first-order chi connectivity index (χ1) is 29.2. The van der Waals surface area contributed by atoms with Crippen LogP contribution in [0, 0.1) is 0 Å². The lowest BCUT2D eigenvalue weighted by molar-refractivity contribution is 1.08. The van der Waals surface area contributed by atoms with Gasteiger partial charge >= 0.3 is 0 Å². The molecule has 0 aliphatic rings. The highest BCUT2D eigenvalue weighted by molar-refractivity contribution is 7.26. The Balaban J connectivity index is 1.04. The summed E-state index contributed by atoms with van der Waals surface area (Å²) in [5.41, 5.74) is 10.4. The van der Waals surface area contributed by atoms with Gasteiger partial charge in [0.1, 0.15) is 5.82 Å². The van der Waals surface area contributed by atoms with Gasteiger partial charge in [0, 0.05) is 64.6 Å². The van der Waals surface area contributed by atoms with Crippen molar-refractivity contribution in [3.8, 4) is 56.9 Å². The Kier molecular flexibility index (Phi) is 7.61. The molecular weight excluding hydrogens is 741 g/mol. The molecule has 0 atom stereocenters. The first-order valence-corrected chi connectivity index (χ1v) is 20.5. The van der Waals surface area contributed by atoms with E-state index < -0.39 is 0 Å². The molecule has 0 bridgehead atoms. The Hall–Kier alpha value is -7.74. The SMILES string of the molecule is c1ccc(-c2nc(-c3ccc4c5ccccc5n(-c5ccccc5)c4c3)nc(-c3cccc4c3sc3ccc(-c5nc6ccccc6n5-c5ccccc5)cc34)n2)cc1. The van der Waals surface area contributed by atoms with Gasteiger partial charge in [-0.25, -0.2) is 19.9 Å². The smallest absolute Gasteiger partial charge is 0.165 e. The van der Waals surface area contributed by atoms with Crippen molar-refractivity contribution in [3.63, 3.8) is 0 Å². The summed E-state index contributed by atoms with van der Waals surface area (Å²) < 4.78 is 6.91. The van der Waals surface area contributed by atoms with Gasteiger partial charge in [0.25, 0.3) is 0 Å². The van der Waals surface area contributed by atoms with Crippen molar-refractivity contribution >= 4 is 64.3 Å². The lowest BCUT2D eigenvalue weighted by atomic mass is 10.1. The standard InChI is InChI=1S/C52H32N6S/c1-4-15-33(16-5-1)49-54-50(34-27-29-39-38-21-10-12-25-44(38)57(46(39)32-34)36-17-6-2-7-18-36)56-51(55-49)41-23-14-22-40-42-31-35(28-30-47(42)59-48(40)41)52-53-43-24-11-13-26-45(43)58(52)37-19-8-3-9-20-37/h1-32H. The molecule has 6 nitrogen and oxygen atoms in total. The van der Waals surface area contributed by atoms with Crippen molar-refractivity contribution in [1.29, 1.82) is 0 Å². The molecule has 7 heteroatoms. The van der Waals surface area contributed by atoms with Crippen molar-refractivity contribution in [2.75, 3.05) is 0 Å². The summed E-state index contributed by atoms with van der Waals surface area (Å²) >= 11 is 1.77. The Labute approximate surface area is 343 Å². The number of hydrogen-bond donors (Lipinski definition) is 0. The van der Waals surface area contributed by atoms with E-state index in [2.05, 4.69) is 173 Å². The molecule has 0 fully saturated rings. The number of nitrogens with zero attached hydrogens (tertiary/aromatic N) is 6. The van der Waals surface area contributed by atoms with E-state index in [4.69, 9.17) is 19.9 Å². The van der Waals surface area contributed by atoms with Gasteiger partial charge in [-0.3, -0.25) is 4.57 Å². The third kappa shape index (κ3) is 5.47. The summed E-state index contributed by atoms with van der Waals surface area (Å²) in [7, 11) is 0. The summed E-state index contributed by atoms with van der Waals surface area (Å²) in [6, 6.07) is 67.8. The molecule has 0 unspecified atom stereocenters. The highest BCUT2D eigenvalue weighted by Crippen LogP contribution is 2.42. The molecule has 4 aromatic heterocycles. The molecule has 0 N–H and O–H groups in total. The molecule has 0 aliphatic heterocycles. The van der Waals surface area contributed by atoms with Crippen molar-refractivity contribution in [1.82, 2.24) is 29.1 Å². The first kappa shape index (κ1) is 33.4. The van der Waals surface area contributed by atoms with E-state index in [9.17, 15) is 0 Å². The number of thiophene rings is 1. The van der Waals surface area contributed by atoms with Crippen LogP contribution in [-0.2, 0) is 0 Å². The maximum atomic E-state index is 5.28. The average Bonchev–Trinajstić information content (AvgIpc) is 3.99. The summed E-state index contributed by atoms with van der Waals surface area (Å²) in [5.74, 6) is 2.81. The van der Waals surface area contributed by atoms with E-state index in [-0.39, 0.29) is 0 Å². The Morgan fingerprint density at radius 2 is 0.966 bits per heavy atom. The van der Waals surface area contributed by atoms with E-state index in [1.54, 1.807) is 11.3 Å². The second kappa shape index (κ2) is 13.4. The summed E-state index contributed by atoms with van der Waals surface area (Å²) in [5, 5.41) is 4.71. The summed E-state index contributed by atoms with van der Waals surface area (Å²) in [4.78, 5) is 20.8. The minimum absolute atomic E-state index is 0.626. The molecular formula is C52H32N6S. The normalized spacial score (nSPS) is 11.7. The quantitative estimate of drug-likeness (QED) is 0.169. The third-order valence-corrected chi connectivity index (χ3v) is 12.4. The van der Waals surface area contributed by atoms with Crippen LogP contribution in [0.1, 0.15) is 0 Å². The van der Waals surface area contributed by atoms with Crippen LogP contribution in [0.3, 0.4) is 0 Å². The number of fused-ring (bicyclic) bond motifs is 7. The van der Waals surface area contributed by atoms with Crippen LogP contribution in [0.2, 0.25) is 0 Å². The van der Waals surface area contributed by atoms with Crippen LogP contribution in [0.5, 0.6) is 0 Å². The molecule has 12 aromatic rings. The zero-order valence-corrected chi connectivity index (χ0v) is 32.4. The maximum Gasteiger partial charge on any atom is 0.165 e. The van der Waals surface area contributed by atoms with Gasteiger partial charge in [-0.1, -0.05) is 121 Å². The van der Waals surface area contributed by atoms with Gasteiger partial charge in [-0.05, 0) is 72.8 Å². The largest absolute Gasteiger partial charge is 0.309 e. The molecule has 0 radical (unpaired) electrons. The van der Waals surface area contributed by atoms with Crippen LogP contribution >= 0.6 is 11.3 Å². The van der Waals surface area contributed by atoms with E-state index in [1.807, 2.05) is 30.3 Å². The lowest BCUT2D eigenvalue weighted by Crippen LogP contribution is -2.00. The lowest BCUT2D eigenvalue weighted by Gasteiger charge is -2.11. The van der Waals surface area contributed by atoms with Crippen molar-refractivity contribution in [2.45, 2.75) is 0 Å². The Morgan fingerprint density at radius 3 is 1.76 bits per heavy atom. The average molecular weight is 773 g/mol. The molecule has 4 heterocycles. The molecule has 0 spiro atoms. The van der Waals surface area contributed by atoms with E-state index in [0.29, 0.717) is 17.5 Å². The molecule has 0 aliphatic carbocycles. The monoisotopic (exact) mass is 772 g/mol. The number of imidazole rings is 1. The number of rotatable bonds is 6. The van der Waals surface area contributed by atoms with Gasteiger partial charge in [0.2, 0.25) is 0 Å². The zero-order chi connectivity index (χ0) is 38.9. The van der Waals surface area contributed by atoms with Crippen molar-refractivity contribution < 1.29 is 0 Å². The predicted octanol–water partition coefficient (Wildman–Crippen LogP) is 13.3. The maximum absolute atomic E-state index is 5.28. The van der Waals surface area contributed by atoms with E-state index in [1.165, 1.54) is 20.9 Å². The summed E-state index contributed by atoms with van der Waals surface area (Å²) in [6.07, 6.45) is 0. The second-order valence-corrected chi connectivity index (χ2v) is 15.7. The fraction of sp³-hybridized carbons (Fsp3) is 0. The highest BCUT2D eigenvalue weighted by atomic mass is 32.1. The van der Waals surface area contributed by atoms with E-state index >= 15 is 0 Å².